The highest BCUT2D eigenvalue weighted by atomic mass is 79.9. The predicted molar refractivity (Wildman–Crippen MR) is 45.8 cm³/mol. The van der Waals surface area contributed by atoms with Gasteiger partial charge in [0.2, 0.25) is 0 Å². The van der Waals surface area contributed by atoms with E-state index in [2.05, 4.69) is 42.1 Å². The van der Waals surface area contributed by atoms with E-state index in [1.165, 1.54) is 0 Å². The molecule has 10 heavy (non-hydrogen) atoms. The lowest BCUT2D eigenvalue weighted by Gasteiger charge is -1.99. The summed E-state index contributed by atoms with van der Waals surface area (Å²) in [5.41, 5.74) is 0. The van der Waals surface area contributed by atoms with Gasteiger partial charge in [-0.1, -0.05) is 0 Å². The molecule has 0 bridgehead atoms. The number of rotatable bonds is 1. The summed E-state index contributed by atoms with van der Waals surface area (Å²) in [5.74, 6) is 0. The Hall–Kier alpha value is 0.1000. The highest BCUT2D eigenvalue weighted by molar-refractivity contribution is 9.13. The molecule has 0 fully saturated rings. The number of aromatic nitrogens is 3. The number of hydrogen-bond donors (Lipinski definition) is 0. The minimum atomic E-state index is 0.308. The standard InChI is InChI=1S/C5H7Br2N3/c1-3(2)10-8-4(6)5(7)9-10/h3H,1-2H3. The first-order chi connectivity index (χ1) is 4.61. The zero-order valence-corrected chi connectivity index (χ0v) is 8.85. The molecule has 0 aliphatic carbocycles. The van der Waals surface area contributed by atoms with Gasteiger partial charge in [0.05, 0.1) is 6.04 Å². The van der Waals surface area contributed by atoms with E-state index in [4.69, 9.17) is 0 Å². The summed E-state index contributed by atoms with van der Waals surface area (Å²) < 4.78 is 1.50. The van der Waals surface area contributed by atoms with Gasteiger partial charge >= 0.3 is 0 Å². The lowest BCUT2D eigenvalue weighted by Crippen LogP contribution is -2.04. The molecule has 0 amide bonds. The molecule has 0 spiro atoms. The number of nitrogens with zero attached hydrogens (tertiary/aromatic N) is 3. The van der Waals surface area contributed by atoms with Gasteiger partial charge in [-0.25, -0.2) is 0 Å². The predicted octanol–water partition coefficient (Wildman–Crippen LogP) is 2.38. The fourth-order valence-corrected chi connectivity index (χ4v) is 0.999. The topological polar surface area (TPSA) is 30.7 Å². The van der Waals surface area contributed by atoms with Crippen LogP contribution in [0.1, 0.15) is 19.9 Å². The van der Waals surface area contributed by atoms with Gasteiger partial charge in [0.1, 0.15) is 0 Å². The zero-order valence-electron chi connectivity index (χ0n) is 5.67. The molecule has 0 unspecified atom stereocenters. The lowest BCUT2D eigenvalue weighted by atomic mass is 10.4. The first-order valence-electron chi connectivity index (χ1n) is 2.89. The number of halogens is 2. The van der Waals surface area contributed by atoms with Crippen LogP contribution in [0.5, 0.6) is 0 Å². The summed E-state index contributed by atoms with van der Waals surface area (Å²) in [6.07, 6.45) is 0. The van der Waals surface area contributed by atoms with Crippen LogP contribution in [-0.2, 0) is 0 Å². The lowest BCUT2D eigenvalue weighted by molar-refractivity contribution is 0.463. The van der Waals surface area contributed by atoms with Crippen LogP contribution in [0.25, 0.3) is 0 Å². The van der Waals surface area contributed by atoms with Crippen molar-refractivity contribution in [2.45, 2.75) is 19.9 Å². The van der Waals surface area contributed by atoms with Crippen LogP contribution in [0.2, 0.25) is 0 Å². The minimum Gasteiger partial charge on any atom is -0.180 e. The molecular formula is C5H7Br2N3. The highest BCUT2D eigenvalue weighted by Crippen LogP contribution is 2.18. The van der Waals surface area contributed by atoms with E-state index in [1.54, 1.807) is 4.80 Å². The van der Waals surface area contributed by atoms with E-state index >= 15 is 0 Å². The van der Waals surface area contributed by atoms with Gasteiger partial charge in [-0.15, -0.1) is 10.2 Å². The van der Waals surface area contributed by atoms with Crippen molar-refractivity contribution in [3.05, 3.63) is 9.21 Å². The Morgan fingerprint density at radius 1 is 1.20 bits per heavy atom. The van der Waals surface area contributed by atoms with Crippen molar-refractivity contribution < 1.29 is 0 Å². The summed E-state index contributed by atoms with van der Waals surface area (Å²) in [6, 6.07) is 0.308. The van der Waals surface area contributed by atoms with E-state index in [1.807, 2.05) is 13.8 Å². The fraction of sp³-hybridized carbons (Fsp3) is 0.600. The van der Waals surface area contributed by atoms with Gasteiger partial charge in [-0.3, -0.25) is 0 Å². The minimum absolute atomic E-state index is 0.308. The molecule has 0 radical (unpaired) electrons. The number of hydrogen-bond acceptors (Lipinski definition) is 2. The molecule has 0 saturated carbocycles. The molecule has 0 atom stereocenters. The maximum absolute atomic E-state index is 4.09. The Kier molecular flexibility index (Phi) is 2.46. The van der Waals surface area contributed by atoms with Gasteiger partial charge in [0.25, 0.3) is 0 Å². The molecule has 0 aliphatic rings. The molecule has 0 N–H and O–H groups in total. The molecule has 0 aromatic carbocycles. The average Bonchev–Trinajstić information content (AvgIpc) is 2.13. The Morgan fingerprint density at radius 2 is 1.60 bits per heavy atom. The fourth-order valence-electron chi connectivity index (χ4n) is 0.516. The van der Waals surface area contributed by atoms with Crippen LogP contribution in [0.15, 0.2) is 9.21 Å². The van der Waals surface area contributed by atoms with E-state index in [0.717, 1.165) is 9.21 Å². The smallest absolute Gasteiger partial charge is 0.162 e. The summed E-state index contributed by atoms with van der Waals surface area (Å²) >= 11 is 6.49. The van der Waals surface area contributed by atoms with Gasteiger partial charge in [-0.05, 0) is 45.7 Å². The molecule has 1 aromatic rings. The zero-order chi connectivity index (χ0) is 7.72. The summed E-state index contributed by atoms with van der Waals surface area (Å²) in [5, 5.41) is 8.17. The molecule has 1 aromatic heterocycles. The summed E-state index contributed by atoms with van der Waals surface area (Å²) in [7, 11) is 0. The van der Waals surface area contributed by atoms with E-state index in [0.29, 0.717) is 6.04 Å². The van der Waals surface area contributed by atoms with Crippen molar-refractivity contribution in [3.8, 4) is 0 Å². The Labute approximate surface area is 76.1 Å². The van der Waals surface area contributed by atoms with Crippen molar-refractivity contribution >= 4 is 31.9 Å². The van der Waals surface area contributed by atoms with Crippen LogP contribution in [0, 0.1) is 0 Å². The third kappa shape index (κ3) is 1.58. The molecular weight excluding hydrogens is 262 g/mol. The molecule has 0 aliphatic heterocycles. The second kappa shape index (κ2) is 3.00. The maximum atomic E-state index is 4.09. The second-order valence-corrected chi connectivity index (χ2v) is 3.70. The van der Waals surface area contributed by atoms with Crippen molar-refractivity contribution in [1.82, 2.24) is 15.0 Å². The Bertz CT molecular complexity index is 211. The molecule has 56 valence electrons. The molecule has 3 nitrogen and oxygen atoms in total. The van der Waals surface area contributed by atoms with Crippen molar-refractivity contribution in [2.24, 2.45) is 0 Å². The largest absolute Gasteiger partial charge is 0.180 e. The van der Waals surface area contributed by atoms with Crippen molar-refractivity contribution in [3.63, 3.8) is 0 Å². The third-order valence-electron chi connectivity index (χ3n) is 1.01. The normalized spacial score (nSPS) is 10.9. The highest BCUT2D eigenvalue weighted by Gasteiger charge is 2.06. The van der Waals surface area contributed by atoms with E-state index < -0.39 is 0 Å². The van der Waals surface area contributed by atoms with Crippen molar-refractivity contribution in [1.29, 1.82) is 0 Å². The van der Waals surface area contributed by atoms with Gasteiger partial charge in [0, 0.05) is 0 Å². The van der Waals surface area contributed by atoms with Crippen LogP contribution in [0.4, 0.5) is 0 Å². The molecule has 1 heterocycles. The van der Waals surface area contributed by atoms with E-state index in [-0.39, 0.29) is 0 Å². The Morgan fingerprint density at radius 3 is 1.80 bits per heavy atom. The molecule has 1 rings (SSSR count). The first-order valence-corrected chi connectivity index (χ1v) is 4.47. The SMILES string of the molecule is CC(C)n1nc(Br)c(Br)n1. The average molecular weight is 269 g/mol. The van der Waals surface area contributed by atoms with Crippen molar-refractivity contribution in [2.75, 3.05) is 0 Å². The van der Waals surface area contributed by atoms with Gasteiger partial charge < -0.3 is 0 Å². The monoisotopic (exact) mass is 267 g/mol. The van der Waals surface area contributed by atoms with Gasteiger partial charge in [-0.2, -0.15) is 4.80 Å². The van der Waals surface area contributed by atoms with E-state index in [9.17, 15) is 0 Å². The Balaban J connectivity index is 2.98. The van der Waals surface area contributed by atoms with Crippen LogP contribution < -0.4 is 0 Å². The molecule has 0 saturated heterocycles. The van der Waals surface area contributed by atoms with Gasteiger partial charge in [0.15, 0.2) is 9.21 Å². The third-order valence-corrected chi connectivity index (χ3v) is 2.61. The summed E-state index contributed by atoms with van der Waals surface area (Å²) in [4.78, 5) is 1.65. The quantitative estimate of drug-likeness (QED) is 0.783. The first kappa shape index (κ1) is 8.20. The maximum Gasteiger partial charge on any atom is 0.162 e. The molecule has 5 heteroatoms. The van der Waals surface area contributed by atoms with Crippen LogP contribution in [-0.4, -0.2) is 15.0 Å². The van der Waals surface area contributed by atoms with Crippen LogP contribution in [0.3, 0.4) is 0 Å². The second-order valence-electron chi connectivity index (χ2n) is 2.20. The summed E-state index contributed by atoms with van der Waals surface area (Å²) in [6.45, 7) is 4.05. The van der Waals surface area contributed by atoms with Crippen LogP contribution >= 0.6 is 31.9 Å².